The molecule has 8 heteroatoms. The van der Waals surface area contributed by atoms with Crippen LogP contribution in [0.4, 0.5) is 11.4 Å². The highest BCUT2D eigenvalue weighted by atomic mass is 16.6. The summed E-state index contributed by atoms with van der Waals surface area (Å²) in [6.07, 6.45) is 2.51. The van der Waals surface area contributed by atoms with E-state index in [4.69, 9.17) is 4.74 Å². The van der Waals surface area contributed by atoms with Crippen LogP contribution in [-0.2, 0) is 9.59 Å². The van der Waals surface area contributed by atoms with E-state index in [1.54, 1.807) is 0 Å². The van der Waals surface area contributed by atoms with Crippen LogP contribution in [0.25, 0.3) is 0 Å². The normalized spacial score (nSPS) is 20.6. The van der Waals surface area contributed by atoms with E-state index in [2.05, 4.69) is 5.32 Å². The van der Waals surface area contributed by atoms with Gasteiger partial charge in [0.2, 0.25) is 5.91 Å². The average Bonchev–Trinajstić information content (AvgIpc) is 2.54. The van der Waals surface area contributed by atoms with Crippen molar-refractivity contribution in [3.63, 3.8) is 0 Å². The number of ether oxygens (including phenoxy) is 1. The minimum absolute atomic E-state index is 0.168. The topological polar surface area (TPSA) is 119 Å². The highest BCUT2D eigenvalue weighted by Gasteiger charge is 2.36. The molecule has 0 unspecified atom stereocenters. The van der Waals surface area contributed by atoms with Crippen LogP contribution in [0, 0.1) is 22.0 Å². The Morgan fingerprint density at radius 3 is 2.52 bits per heavy atom. The third kappa shape index (κ3) is 3.77. The minimum Gasteiger partial charge on any atom is -0.495 e. The predicted molar refractivity (Wildman–Crippen MR) is 81.4 cm³/mol. The molecule has 1 aliphatic carbocycles. The number of nitro groups is 1. The van der Waals surface area contributed by atoms with Gasteiger partial charge in [0.05, 0.1) is 29.6 Å². The number of nitro benzene ring substituents is 1. The molecule has 0 saturated heterocycles. The Morgan fingerprint density at radius 1 is 1.30 bits per heavy atom. The minimum atomic E-state index is -0.990. The first-order valence-electron chi connectivity index (χ1n) is 7.30. The number of methoxy groups -OCH3 is 1. The lowest BCUT2D eigenvalue weighted by atomic mass is 9.78. The maximum absolute atomic E-state index is 12.4. The van der Waals surface area contributed by atoms with Crippen molar-refractivity contribution in [1.29, 1.82) is 0 Å². The Kier molecular flexibility index (Phi) is 5.15. The molecular formula is C15H18N2O6. The monoisotopic (exact) mass is 322 g/mol. The number of nitrogens with zero attached hydrogens (tertiary/aromatic N) is 1. The average molecular weight is 322 g/mol. The number of carboxylic acid groups (broad SMARTS) is 1. The van der Waals surface area contributed by atoms with Gasteiger partial charge in [-0.15, -0.1) is 0 Å². The molecule has 2 N–H and O–H groups in total. The van der Waals surface area contributed by atoms with Crippen LogP contribution in [0.15, 0.2) is 18.2 Å². The fraction of sp³-hybridized carbons (Fsp3) is 0.467. The fourth-order valence-electron chi connectivity index (χ4n) is 2.87. The molecule has 0 aromatic heterocycles. The first kappa shape index (κ1) is 16.7. The summed E-state index contributed by atoms with van der Waals surface area (Å²) in [7, 11) is 1.39. The third-order valence-electron chi connectivity index (χ3n) is 4.07. The zero-order valence-corrected chi connectivity index (χ0v) is 12.7. The first-order chi connectivity index (χ1) is 10.9. The van der Waals surface area contributed by atoms with Gasteiger partial charge >= 0.3 is 5.97 Å². The maximum atomic E-state index is 12.4. The van der Waals surface area contributed by atoms with Crippen molar-refractivity contribution < 1.29 is 24.4 Å². The molecule has 1 aliphatic rings. The van der Waals surface area contributed by atoms with E-state index < -0.39 is 28.6 Å². The van der Waals surface area contributed by atoms with E-state index in [0.717, 1.165) is 12.8 Å². The van der Waals surface area contributed by atoms with Crippen LogP contribution in [0.5, 0.6) is 5.75 Å². The van der Waals surface area contributed by atoms with E-state index in [9.17, 15) is 24.8 Å². The fourth-order valence-corrected chi connectivity index (χ4v) is 2.87. The lowest BCUT2D eigenvalue weighted by Crippen LogP contribution is -2.36. The van der Waals surface area contributed by atoms with Crippen molar-refractivity contribution in [1.82, 2.24) is 0 Å². The summed E-state index contributed by atoms with van der Waals surface area (Å²) < 4.78 is 5.09. The third-order valence-corrected chi connectivity index (χ3v) is 4.07. The Balaban J connectivity index is 2.23. The summed E-state index contributed by atoms with van der Waals surface area (Å²) in [5.41, 5.74) is -0.0130. The Morgan fingerprint density at radius 2 is 1.96 bits per heavy atom. The molecular weight excluding hydrogens is 304 g/mol. The molecule has 1 saturated carbocycles. The standard InChI is InChI=1S/C15H18N2O6/c1-23-13-7-6-9(17(21)22)8-12(13)16-14(18)10-4-2-3-5-11(10)15(19)20/h6-8,10-11H,2-5H2,1H3,(H,16,18)(H,19,20)/t10-,11-/m1/s1. The molecule has 1 aromatic rings. The first-order valence-corrected chi connectivity index (χ1v) is 7.30. The van der Waals surface area contributed by atoms with Crippen molar-refractivity contribution >= 4 is 23.3 Å². The van der Waals surface area contributed by atoms with Gasteiger partial charge in [-0.25, -0.2) is 0 Å². The number of anilines is 1. The van der Waals surface area contributed by atoms with E-state index >= 15 is 0 Å². The van der Waals surface area contributed by atoms with Gasteiger partial charge in [0.15, 0.2) is 0 Å². The van der Waals surface area contributed by atoms with E-state index in [0.29, 0.717) is 12.8 Å². The van der Waals surface area contributed by atoms with Crippen molar-refractivity contribution in [2.24, 2.45) is 11.8 Å². The van der Waals surface area contributed by atoms with E-state index in [1.807, 2.05) is 0 Å². The molecule has 2 rings (SSSR count). The number of carboxylic acids is 1. The molecule has 8 nitrogen and oxygen atoms in total. The number of benzene rings is 1. The number of non-ortho nitro benzene ring substituents is 1. The Labute approximate surface area is 132 Å². The van der Waals surface area contributed by atoms with Crippen molar-refractivity contribution in [2.75, 3.05) is 12.4 Å². The summed E-state index contributed by atoms with van der Waals surface area (Å²) in [6, 6.07) is 3.87. The van der Waals surface area contributed by atoms with Crippen LogP contribution < -0.4 is 10.1 Å². The van der Waals surface area contributed by atoms with Gasteiger partial charge in [0.1, 0.15) is 5.75 Å². The quantitative estimate of drug-likeness (QED) is 0.635. The van der Waals surface area contributed by atoms with Crippen molar-refractivity contribution in [3.8, 4) is 5.75 Å². The number of rotatable bonds is 5. The zero-order chi connectivity index (χ0) is 17.0. The second kappa shape index (κ2) is 7.08. The number of amides is 1. The van der Waals surface area contributed by atoms with Crippen LogP contribution in [0.3, 0.4) is 0 Å². The molecule has 0 heterocycles. The number of nitrogens with one attached hydrogen (secondary N) is 1. The van der Waals surface area contributed by atoms with Gasteiger partial charge in [0.25, 0.3) is 5.69 Å². The van der Waals surface area contributed by atoms with Crippen LogP contribution in [0.2, 0.25) is 0 Å². The molecule has 0 radical (unpaired) electrons. The molecule has 23 heavy (non-hydrogen) atoms. The Bertz CT molecular complexity index is 630. The molecule has 1 fully saturated rings. The SMILES string of the molecule is COc1ccc([N+](=O)[O-])cc1NC(=O)[C@@H]1CCCC[C@H]1C(=O)O. The molecule has 1 aromatic carbocycles. The van der Waals surface area contributed by atoms with Crippen LogP contribution in [0.1, 0.15) is 25.7 Å². The van der Waals surface area contributed by atoms with Gasteiger partial charge in [-0.1, -0.05) is 12.8 Å². The van der Waals surface area contributed by atoms with Crippen LogP contribution in [-0.4, -0.2) is 29.0 Å². The van der Waals surface area contributed by atoms with Crippen molar-refractivity contribution in [3.05, 3.63) is 28.3 Å². The summed E-state index contributed by atoms with van der Waals surface area (Å²) in [4.78, 5) is 34.0. The number of aliphatic carboxylic acids is 1. The van der Waals surface area contributed by atoms with Gasteiger partial charge in [-0.2, -0.15) is 0 Å². The molecule has 0 aliphatic heterocycles. The summed E-state index contributed by atoms with van der Waals surface area (Å²) in [5.74, 6) is -2.53. The van der Waals surface area contributed by atoms with Gasteiger partial charge < -0.3 is 15.2 Å². The smallest absolute Gasteiger partial charge is 0.307 e. The second-order valence-corrected chi connectivity index (χ2v) is 5.47. The lowest BCUT2D eigenvalue weighted by Gasteiger charge is -2.27. The second-order valence-electron chi connectivity index (χ2n) is 5.47. The molecule has 2 atom stereocenters. The number of hydrogen-bond acceptors (Lipinski definition) is 5. The van der Waals surface area contributed by atoms with E-state index in [1.165, 1.54) is 25.3 Å². The lowest BCUT2D eigenvalue weighted by molar-refractivity contribution is -0.384. The summed E-state index contributed by atoms with van der Waals surface area (Å²) in [6.45, 7) is 0. The number of carbonyl (C=O) groups is 2. The Hall–Kier alpha value is -2.64. The van der Waals surface area contributed by atoms with E-state index in [-0.39, 0.29) is 17.1 Å². The van der Waals surface area contributed by atoms with Gasteiger partial charge in [-0.05, 0) is 18.9 Å². The van der Waals surface area contributed by atoms with Gasteiger partial charge in [-0.3, -0.25) is 19.7 Å². The molecule has 0 bridgehead atoms. The number of carbonyl (C=O) groups excluding carboxylic acids is 1. The molecule has 1 amide bonds. The highest BCUT2D eigenvalue weighted by Crippen LogP contribution is 2.34. The highest BCUT2D eigenvalue weighted by molar-refractivity contribution is 5.96. The molecule has 0 spiro atoms. The van der Waals surface area contributed by atoms with Gasteiger partial charge in [0, 0.05) is 12.1 Å². The van der Waals surface area contributed by atoms with Crippen LogP contribution >= 0.6 is 0 Å². The number of hydrogen-bond donors (Lipinski definition) is 2. The maximum Gasteiger partial charge on any atom is 0.307 e. The molecule has 124 valence electrons. The predicted octanol–water partition coefficient (Wildman–Crippen LogP) is 2.43. The largest absolute Gasteiger partial charge is 0.495 e. The summed E-state index contributed by atoms with van der Waals surface area (Å²) in [5, 5.41) is 22.7. The zero-order valence-electron chi connectivity index (χ0n) is 12.7. The van der Waals surface area contributed by atoms with Crippen molar-refractivity contribution in [2.45, 2.75) is 25.7 Å². The summed E-state index contributed by atoms with van der Waals surface area (Å²) >= 11 is 0.